The molecule has 0 amide bonds. The SMILES string of the molecule is CCCC(OCC1(CC)COC1)Oc1ccc(C(=O)Oc2ccc3c(c2)C(C)(C)c2cc(OC(=O)c4ccc(OC(CCC)OCC5(CC)COC5)cc4)ccc2-3)cc1. The lowest BCUT2D eigenvalue weighted by atomic mass is 9.82. The first kappa shape index (κ1) is 42.4. The first-order valence-corrected chi connectivity index (χ1v) is 21.2. The van der Waals surface area contributed by atoms with Gasteiger partial charge in [0.25, 0.3) is 0 Å². The van der Waals surface area contributed by atoms with Crippen molar-refractivity contribution in [2.45, 2.75) is 98.1 Å². The van der Waals surface area contributed by atoms with E-state index >= 15 is 0 Å². The molecule has 0 saturated carbocycles. The predicted molar refractivity (Wildman–Crippen MR) is 224 cm³/mol. The van der Waals surface area contributed by atoms with Crippen molar-refractivity contribution in [2.75, 3.05) is 39.6 Å². The van der Waals surface area contributed by atoms with Gasteiger partial charge in [-0.25, -0.2) is 9.59 Å². The van der Waals surface area contributed by atoms with E-state index in [0.717, 1.165) is 60.8 Å². The highest BCUT2D eigenvalue weighted by atomic mass is 16.7. The lowest BCUT2D eigenvalue weighted by Gasteiger charge is -2.41. The third kappa shape index (κ3) is 9.52. The third-order valence-corrected chi connectivity index (χ3v) is 12.1. The highest BCUT2D eigenvalue weighted by Gasteiger charge is 2.39. The molecule has 4 aromatic carbocycles. The van der Waals surface area contributed by atoms with Gasteiger partial charge in [-0.15, -0.1) is 0 Å². The standard InChI is InChI=1S/C49H58O10/c1-7-11-43(54-31-48(9-3)27-52-28-48)56-35-17-13-33(14-18-35)45(50)58-37-21-23-39-40-24-22-38(26-42(40)47(5,6)41(39)25-37)59-46(51)34-15-19-36(20-16-34)57-44(12-8-2)55-32-49(10-4)29-53-30-49/h13-26,43-44H,7-12,27-32H2,1-6H3. The Morgan fingerprint density at radius 1 is 0.559 bits per heavy atom. The van der Waals surface area contributed by atoms with Gasteiger partial charge in [0.1, 0.15) is 23.0 Å². The first-order valence-electron chi connectivity index (χ1n) is 21.2. The number of ether oxygens (including phenoxy) is 8. The molecule has 7 rings (SSSR count). The summed E-state index contributed by atoms with van der Waals surface area (Å²) in [6.07, 6.45) is 4.59. The Morgan fingerprint density at radius 2 is 0.932 bits per heavy atom. The van der Waals surface area contributed by atoms with Crippen LogP contribution in [0.4, 0.5) is 0 Å². The zero-order valence-electron chi connectivity index (χ0n) is 35.3. The van der Waals surface area contributed by atoms with Crippen molar-refractivity contribution in [3.05, 3.63) is 107 Å². The first-order chi connectivity index (χ1) is 28.5. The molecular weight excluding hydrogens is 749 g/mol. The van der Waals surface area contributed by atoms with E-state index in [0.29, 0.717) is 73.8 Å². The maximum absolute atomic E-state index is 13.3. The number of carbonyl (C=O) groups excluding carboxylic acids is 2. The van der Waals surface area contributed by atoms with Crippen LogP contribution in [0.3, 0.4) is 0 Å². The van der Waals surface area contributed by atoms with E-state index in [1.807, 2.05) is 36.4 Å². The van der Waals surface area contributed by atoms with E-state index in [2.05, 4.69) is 41.5 Å². The summed E-state index contributed by atoms with van der Waals surface area (Å²) in [5.41, 5.74) is 4.60. The van der Waals surface area contributed by atoms with E-state index in [1.165, 1.54) is 0 Å². The number of rotatable bonds is 20. The van der Waals surface area contributed by atoms with Gasteiger partial charge >= 0.3 is 11.9 Å². The van der Waals surface area contributed by atoms with Crippen molar-refractivity contribution in [1.29, 1.82) is 0 Å². The van der Waals surface area contributed by atoms with Gasteiger partial charge in [-0.3, -0.25) is 0 Å². The van der Waals surface area contributed by atoms with Crippen molar-refractivity contribution in [3.8, 4) is 34.1 Å². The lowest BCUT2D eigenvalue weighted by Crippen LogP contribution is -2.46. The molecule has 10 nitrogen and oxygen atoms in total. The summed E-state index contributed by atoms with van der Waals surface area (Å²) >= 11 is 0. The second-order valence-electron chi connectivity index (χ2n) is 16.9. The highest BCUT2D eigenvalue weighted by Crippen LogP contribution is 2.50. The number of hydrogen-bond donors (Lipinski definition) is 0. The molecule has 0 aromatic heterocycles. The smallest absolute Gasteiger partial charge is 0.343 e. The van der Waals surface area contributed by atoms with Gasteiger partial charge in [-0.05, 0) is 108 Å². The van der Waals surface area contributed by atoms with E-state index in [9.17, 15) is 9.59 Å². The van der Waals surface area contributed by atoms with Crippen LogP contribution >= 0.6 is 0 Å². The molecule has 0 radical (unpaired) electrons. The van der Waals surface area contributed by atoms with Gasteiger partial charge in [-0.2, -0.15) is 0 Å². The summed E-state index contributed by atoms with van der Waals surface area (Å²) in [5.74, 6) is 1.22. The van der Waals surface area contributed by atoms with Crippen LogP contribution in [0.2, 0.25) is 0 Å². The predicted octanol–water partition coefficient (Wildman–Crippen LogP) is 10.3. The molecule has 2 aliphatic heterocycles. The molecule has 0 bridgehead atoms. The molecule has 59 heavy (non-hydrogen) atoms. The van der Waals surface area contributed by atoms with Crippen LogP contribution in [0.15, 0.2) is 84.9 Å². The Bertz CT molecular complexity index is 1910. The van der Waals surface area contributed by atoms with Crippen molar-refractivity contribution >= 4 is 11.9 Å². The van der Waals surface area contributed by atoms with Crippen molar-refractivity contribution in [1.82, 2.24) is 0 Å². The summed E-state index contributed by atoms with van der Waals surface area (Å²) in [5, 5.41) is 0. The maximum atomic E-state index is 13.3. The van der Waals surface area contributed by atoms with Gasteiger partial charge in [0.05, 0.1) is 50.8 Å². The Labute approximate surface area is 348 Å². The van der Waals surface area contributed by atoms with E-state index in [4.69, 9.17) is 37.9 Å². The number of carbonyl (C=O) groups is 2. The second-order valence-corrected chi connectivity index (χ2v) is 16.9. The Morgan fingerprint density at radius 3 is 1.25 bits per heavy atom. The molecule has 0 spiro atoms. The van der Waals surface area contributed by atoms with Crippen LogP contribution in [0.25, 0.3) is 11.1 Å². The summed E-state index contributed by atoms with van der Waals surface area (Å²) in [6.45, 7) is 16.8. The fraction of sp³-hybridized carbons (Fsp3) is 0.469. The van der Waals surface area contributed by atoms with Gasteiger partial charge in [0, 0.05) is 29.1 Å². The fourth-order valence-corrected chi connectivity index (χ4v) is 7.72. The van der Waals surface area contributed by atoms with Gasteiger partial charge in [-0.1, -0.05) is 66.5 Å². The number of benzene rings is 4. The molecule has 2 unspecified atom stereocenters. The monoisotopic (exact) mass is 806 g/mol. The van der Waals surface area contributed by atoms with Crippen LogP contribution < -0.4 is 18.9 Å². The van der Waals surface area contributed by atoms with Crippen LogP contribution in [-0.2, 0) is 24.4 Å². The van der Waals surface area contributed by atoms with Crippen molar-refractivity contribution < 1.29 is 47.5 Å². The molecular formula is C49H58O10. The molecule has 0 N–H and O–H groups in total. The molecule has 2 fully saturated rings. The minimum absolute atomic E-state index is 0.0701. The largest absolute Gasteiger partial charge is 0.465 e. The third-order valence-electron chi connectivity index (χ3n) is 12.1. The number of fused-ring (bicyclic) bond motifs is 3. The van der Waals surface area contributed by atoms with Crippen LogP contribution in [-0.4, -0.2) is 64.2 Å². The molecule has 3 aliphatic rings. The van der Waals surface area contributed by atoms with Crippen molar-refractivity contribution in [2.24, 2.45) is 10.8 Å². The highest BCUT2D eigenvalue weighted by molar-refractivity contribution is 5.92. The molecule has 1 aliphatic carbocycles. The Hall–Kier alpha value is -4.74. The fourth-order valence-electron chi connectivity index (χ4n) is 7.72. The summed E-state index contributed by atoms with van der Waals surface area (Å²) < 4.78 is 47.3. The molecule has 10 heteroatoms. The van der Waals surface area contributed by atoms with Crippen LogP contribution in [0, 0.1) is 10.8 Å². The Kier molecular flexibility index (Phi) is 13.1. The average molecular weight is 807 g/mol. The topological polar surface area (TPSA) is 108 Å². The van der Waals surface area contributed by atoms with E-state index in [-0.39, 0.29) is 23.4 Å². The second kappa shape index (κ2) is 18.3. The van der Waals surface area contributed by atoms with Crippen LogP contribution in [0.1, 0.15) is 112 Å². The zero-order valence-corrected chi connectivity index (χ0v) is 35.3. The molecule has 2 heterocycles. The number of hydrogen-bond acceptors (Lipinski definition) is 10. The minimum Gasteiger partial charge on any atom is -0.465 e. The summed E-state index contributed by atoms with van der Waals surface area (Å²) in [6, 6.07) is 25.3. The zero-order chi connectivity index (χ0) is 41.6. The molecule has 4 aromatic rings. The maximum Gasteiger partial charge on any atom is 0.343 e. The quantitative estimate of drug-likeness (QED) is 0.0487. The summed E-state index contributed by atoms with van der Waals surface area (Å²) in [4.78, 5) is 26.6. The van der Waals surface area contributed by atoms with Gasteiger partial charge in [0.15, 0.2) is 12.6 Å². The molecule has 2 atom stereocenters. The number of esters is 2. The summed E-state index contributed by atoms with van der Waals surface area (Å²) in [7, 11) is 0. The van der Waals surface area contributed by atoms with E-state index in [1.54, 1.807) is 48.5 Å². The average Bonchev–Trinajstić information content (AvgIpc) is 3.42. The Balaban J connectivity index is 0.947. The van der Waals surface area contributed by atoms with Crippen LogP contribution in [0.5, 0.6) is 23.0 Å². The van der Waals surface area contributed by atoms with E-state index < -0.39 is 17.4 Å². The molecule has 314 valence electrons. The minimum atomic E-state index is -0.465. The lowest BCUT2D eigenvalue weighted by molar-refractivity contribution is -0.188. The van der Waals surface area contributed by atoms with Gasteiger partial charge < -0.3 is 37.9 Å². The normalized spacial score (nSPS) is 17.7. The molecule has 2 saturated heterocycles. The van der Waals surface area contributed by atoms with Crippen molar-refractivity contribution in [3.63, 3.8) is 0 Å². The van der Waals surface area contributed by atoms with Gasteiger partial charge in [0.2, 0.25) is 0 Å².